The van der Waals surface area contributed by atoms with E-state index in [1.165, 1.54) is 0 Å². The van der Waals surface area contributed by atoms with Crippen LogP contribution in [0.4, 0.5) is 0 Å². The van der Waals surface area contributed by atoms with Gasteiger partial charge in [-0.1, -0.05) is 24.3 Å². The summed E-state index contributed by atoms with van der Waals surface area (Å²) in [4.78, 5) is 17.1. The summed E-state index contributed by atoms with van der Waals surface area (Å²) in [5.74, 6) is 0.642. The number of rotatable bonds is 4. The normalized spacial score (nSPS) is 10.9. The van der Waals surface area contributed by atoms with Gasteiger partial charge >= 0.3 is 0 Å². The number of fused-ring (bicyclic) bond motifs is 1. The van der Waals surface area contributed by atoms with Crippen LogP contribution in [-0.4, -0.2) is 25.1 Å². The third-order valence-corrected chi connectivity index (χ3v) is 4.20. The maximum atomic E-state index is 12.7. The number of carbonyl (C=O) groups is 1. The van der Waals surface area contributed by atoms with E-state index in [0.717, 1.165) is 22.5 Å². The van der Waals surface area contributed by atoms with Crippen LogP contribution in [0, 0.1) is 0 Å². The van der Waals surface area contributed by atoms with Crippen molar-refractivity contribution in [2.45, 2.75) is 6.54 Å². The number of amides is 1. The molecule has 0 radical (unpaired) electrons. The first-order chi connectivity index (χ1) is 12.2. The molecule has 6 nitrogen and oxygen atoms in total. The second-order valence-electron chi connectivity index (χ2n) is 5.78. The topological polar surface area (TPSA) is 64.2 Å². The summed E-state index contributed by atoms with van der Waals surface area (Å²) in [6, 6.07) is 13.3. The number of nitrogens with zero attached hydrogens (tertiary/aromatic N) is 4. The van der Waals surface area contributed by atoms with Gasteiger partial charge in [0, 0.05) is 43.9 Å². The Labute approximate surface area is 144 Å². The van der Waals surface area contributed by atoms with Crippen LogP contribution in [-0.2, 0) is 13.6 Å². The Hall–Kier alpha value is -3.41. The van der Waals surface area contributed by atoms with Crippen LogP contribution in [0.5, 0.6) is 0 Å². The van der Waals surface area contributed by atoms with Crippen molar-refractivity contribution in [3.63, 3.8) is 0 Å². The van der Waals surface area contributed by atoms with Crippen molar-refractivity contribution in [3.8, 4) is 11.4 Å². The van der Waals surface area contributed by atoms with Crippen molar-refractivity contribution in [3.05, 3.63) is 78.4 Å². The van der Waals surface area contributed by atoms with E-state index in [4.69, 9.17) is 0 Å². The van der Waals surface area contributed by atoms with Gasteiger partial charge in [0.2, 0.25) is 0 Å². The maximum absolute atomic E-state index is 12.7. The Bertz CT molecular complexity index is 1050. The first-order valence-corrected chi connectivity index (χ1v) is 8.00. The van der Waals surface area contributed by atoms with Gasteiger partial charge in [0.05, 0.1) is 11.1 Å². The lowest BCUT2D eigenvalue weighted by molar-refractivity contribution is 0.0951. The van der Waals surface area contributed by atoms with Crippen LogP contribution in [0.15, 0.2) is 67.3 Å². The van der Waals surface area contributed by atoms with Crippen LogP contribution in [0.2, 0.25) is 0 Å². The molecule has 4 rings (SSSR count). The van der Waals surface area contributed by atoms with Crippen molar-refractivity contribution in [2.75, 3.05) is 0 Å². The van der Waals surface area contributed by atoms with Gasteiger partial charge < -0.3 is 9.88 Å². The van der Waals surface area contributed by atoms with Gasteiger partial charge in [-0.3, -0.25) is 4.79 Å². The highest BCUT2D eigenvalue weighted by atomic mass is 16.1. The monoisotopic (exact) mass is 331 g/mol. The zero-order valence-corrected chi connectivity index (χ0v) is 13.8. The molecule has 0 fully saturated rings. The van der Waals surface area contributed by atoms with Crippen LogP contribution < -0.4 is 5.32 Å². The van der Waals surface area contributed by atoms with E-state index < -0.39 is 0 Å². The molecule has 0 atom stereocenters. The fourth-order valence-corrected chi connectivity index (χ4v) is 2.93. The molecule has 0 spiro atoms. The Balaban J connectivity index is 1.60. The number of aromatic nitrogens is 4. The summed E-state index contributed by atoms with van der Waals surface area (Å²) in [5.41, 5.74) is 3.43. The second kappa shape index (κ2) is 6.24. The number of aryl methyl sites for hydroxylation is 1. The van der Waals surface area contributed by atoms with E-state index in [2.05, 4.69) is 15.4 Å². The zero-order valence-electron chi connectivity index (χ0n) is 13.8. The van der Waals surface area contributed by atoms with Crippen molar-refractivity contribution in [2.24, 2.45) is 7.05 Å². The van der Waals surface area contributed by atoms with Crippen LogP contribution in [0.3, 0.4) is 0 Å². The smallest absolute Gasteiger partial charge is 0.252 e. The predicted molar refractivity (Wildman–Crippen MR) is 95.0 cm³/mol. The minimum absolute atomic E-state index is 0.125. The van der Waals surface area contributed by atoms with Gasteiger partial charge in [0.25, 0.3) is 5.91 Å². The molecule has 0 unspecified atom stereocenters. The number of benzene rings is 1. The quantitative estimate of drug-likeness (QED) is 0.625. The molecular weight excluding hydrogens is 314 g/mol. The number of hydrogen-bond acceptors (Lipinski definition) is 3. The lowest BCUT2D eigenvalue weighted by Gasteiger charge is -2.11. The lowest BCUT2D eigenvalue weighted by Crippen LogP contribution is -2.24. The van der Waals surface area contributed by atoms with E-state index in [9.17, 15) is 4.79 Å². The molecule has 1 aromatic carbocycles. The summed E-state index contributed by atoms with van der Waals surface area (Å²) in [5, 5.41) is 7.22. The first kappa shape index (κ1) is 15.1. The highest BCUT2D eigenvalue weighted by Crippen LogP contribution is 2.21. The minimum Gasteiger partial charge on any atom is -0.348 e. The SMILES string of the molecule is Cn1ccnc1-c1ccccc1C(=O)NCc1cccn2nccc12. The van der Waals surface area contributed by atoms with Gasteiger partial charge in [-0.05, 0) is 23.8 Å². The maximum Gasteiger partial charge on any atom is 0.252 e. The molecule has 124 valence electrons. The van der Waals surface area contributed by atoms with Crippen LogP contribution in [0.25, 0.3) is 16.9 Å². The van der Waals surface area contributed by atoms with E-state index in [0.29, 0.717) is 12.1 Å². The Morgan fingerprint density at radius 1 is 1.08 bits per heavy atom. The molecule has 0 aliphatic rings. The summed E-state index contributed by atoms with van der Waals surface area (Å²) < 4.78 is 3.70. The second-order valence-corrected chi connectivity index (χ2v) is 5.78. The molecule has 0 aliphatic carbocycles. The molecule has 25 heavy (non-hydrogen) atoms. The number of carbonyl (C=O) groups excluding carboxylic acids is 1. The van der Waals surface area contributed by atoms with Crippen molar-refractivity contribution in [1.82, 2.24) is 24.5 Å². The van der Waals surface area contributed by atoms with Crippen molar-refractivity contribution >= 4 is 11.4 Å². The Morgan fingerprint density at radius 3 is 2.80 bits per heavy atom. The van der Waals surface area contributed by atoms with Gasteiger partial charge in [0.15, 0.2) is 0 Å². The highest BCUT2D eigenvalue weighted by Gasteiger charge is 2.15. The van der Waals surface area contributed by atoms with Gasteiger partial charge in [0.1, 0.15) is 5.82 Å². The third kappa shape index (κ3) is 2.78. The Kier molecular flexibility index (Phi) is 3.78. The van der Waals surface area contributed by atoms with Gasteiger partial charge in [-0.15, -0.1) is 0 Å². The first-order valence-electron chi connectivity index (χ1n) is 8.00. The van der Waals surface area contributed by atoms with Gasteiger partial charge in [-0.2, -0.15) is 5.10 Å². The number of imidazole rings is 1. The molecular formula is C19H17N5O. The summed E-state index contributed by atoms with van der Waals surface area (Å²) >= 11 is 0. The van der Waals surface area contributed by atoms with Crippen LogP contribution >= 0.6 is 0 Å². The largest absolute Gasteiger partial charge is 0.348 e. The molecule has 0 saturated heterocycles. The van der Waals surface area contributed by atoms with Crippen molar-refractivity contribution < 1.29 is 4.79 Å². The van der Waals surface area contributed by atoms with E-state index >= 15 is 0 Å². The molecule has 3 heterocycles. The molecule has 1 amide bonds. The molecule has 0 saturated carbocycles. The standard InChI is InChI=1S/C19H17N5O/c1-23-12-10-20-18(23)15-6-2-3-7-16(15)19(25)21-13-14-5-4-11-24-17(14)8-9-22-24/h2-12H,13H2,1H3,(H,21,25). The molecule has 3 aromatic heterocycles. The molecule has 4 aromatic rings. The fourth-order valence-electron chi connectivity index (χ4n) is 2.93. The average molecular weight is 331 g/mol. The predicted octanol–water partition coefficient (Wildman–Crippen LogP) is 2.66. The summed E-state index contributed by atoms with van der Waals surface area (Å²) in [6.45, 7) is 0.434. The van der Waals surface area contributed by atoms with E-state index in [1.807, 2.05) is 66.5 Å². The average Bonchev–Trinajstić information content (AvgIpc) is 3.28. The van der Waals surface area contributed by atoms with Gasteiger partial charge in [-0.25, -0.2) is 9.50 Å². The number of pyridine rings is 1. The molecule has 6 heteroatoms. The summed E-state index contributed by atoms with van der Waals surface area (Å²) in [7, 11) is 1.91. The Morgan fingerprint density at radius 2 is 1.96 bits per heavy atom. The number of nitrogens with one attached hydrogen (secondary N) is 1. The van der Waals surface area contributed by atoms with E-state index in [-0.39, 0.29) is 5.91 Å². The van der Waals surface area contributed by atoms with Crippen molar-refractivity contribution in [1.29, 1.82) is 0 Å². The number of hydrogen-bond donors (Lipinski definition) is 1. The lowest BCUT2D eigenvalue weighted by atomic mass is 10.1. The molecule has 1 N–H and O–H groups in total. The third-order valence-electron chi connectivity index (χ3n) is 4.20. The van der Waals surface area contributed by atoms with Crippen LogP contribution in [0.1, 0.15) is 15.9 Å². The minimum atomic E-state index is -0.125. The fraction of sp³-hybridized carbons (Fsp3) is 0.105. The zero-order chi connectivity index (χ0) is 17.2. The summed E-state index contributed by atoms with van der Waals surface area (Å²) in [6.07, 6.45) is 7.22. The molecule has 0 aliphatic heterocycles. The van der Waals surface area contributed by atoms with E-state index in [1.54, 1.807) is 16.9 Å². The molecule has 0 bridgehead atoms. The highest BCUT2D eigenvalue weighted by molar-refractivity contribution is 6.00.